The lowest BCUT2D eigenvalue weighted by Gasteiger charge is -2.29. The van der Waals surface area contributed by atoms with Gasteiger partial charge in [0.25, 0.3) is 0 Å². The van der Waals surface area contributed by atoms with Gasteiger partial charge in [-0.1, -0.05) is 6.92 Å². The number of likely N-dealkylation sites (N-methyl/N-ethyl adjacent to an activating group) is 1. The van der Waals surface area contributed by atoms with Gasteiger partial charge in [0.1, 0.15) is 0 Å². The molecule has 2 heterocycles. The number of Topliss-reactive ketones (excluding diaryl/α,β-unsaturated/α-hetero) is 1. The van der Waals surface area contributed by atoms with E-state index in [1.165, 1.54) is 11.1 Å². The van der Waals surface area contributed by atoms with Crippen LogP contribution in [0.4, 0.5) is 0 Å². The normalized spacial score (nSPS) is 15.2. The number of fused-ring (bicyclic) bond motifs is 2. The van der Waals surface area contributed by atoms with Gasteiger partial charge in [-0.2, -0.15) is 0 Å². The molecule has 0 spiro atoms. The molecule has 0 saturated carbocycles. The zero-order chi connectivity index (χ0) is 15.1. The highest BCUT2D eigenvalue weighted by atomic mass is 16.1. The first-order chi connectivity index (χ1) is 10.0. The first-order valence-corrected chi connectivity index (χ1v) is 7.67. The van der Waals surface area contributed by atoms with Crippen LogP contribution in [0.2, 0.25) is 0 Å². The highest BCUT2D eigenvalue weighted by Gasteiger charge is 2.23. The van der Waals surface area contributed by atoms with Gasteiger partial charge in [-0.15, -0.1) is 0 Å². The molecule has 21 heavy (non-hydrogen) atoms. The van der Waals surface area contributed by atoms with Crippen molar-refractivity contribution in [2.75, 3.05) is 13.1 Å². The maximum atomic E-state index is 12.3. The van der Waals surface area contributed by atoms with Crippen molar-refractivity contribution in [2.24, 2.45) is 0 Å². The summed E-state index contributed by atoms with van der Waals surface area (Å²) in [7, 11) is 0. The van der Waals surface area contributed by atoms with E-state index in [0.717, 1.165) is 53.8 Å². The summed E-state index contributed by atoms with van der Waals surface area (Å²) in [5.74, 6) is 0.153. The van der Waals surface area contributed by atoms with Gasteiger partial charge in [0.2, 0.25) is 0 Å². The summed E-state index contributed by atoms with van der Waals surface area (Å²) in [6.07, 6.45) is 0.937. The average Bonchev–Trinajstić information content (AvgIpc) is 2.45. The molecule has 1 aromatic carbocycles. The molecule has 0 atom stereocenters. The van der Waals surface area contributed by atoms with Crippen LogP contribution in [0.15, 0.2) is 12.1 Å². The number of rotatable bonds is 2. The second-order valence-electron chi connectivity index (χ2n) is 6.04. The maximum Gasteiger partial charge on any atom is 0.160 e. The standard InChI is InChI=1S/C18H22N2O/c1-5-20-7-6-16-15(10-20)18(13(4)21)14-8-11(2)12(3)9-17(14)19-16/h8-9H,5-7,10H2,1-4H3. The Morgan fingerprint density at radius 2 is 2.00 bits per heavy atom. The van der Waals surface area contributed by atoms with E-state index in [1.807, 2.05) is 0 Å². The van der Waals surface area contributed by atoms with Crippen molar-refractivity contribution in [2.45, 2.75) is 40.7 Å². The quantitative estimate of drug-likeness (QED) is 0.791. The summed E-state index contributed by atoms with van der Waals surface area (Å²) in [6, 6.07) is 4.24. The predicted molar refractivity (Wildman–Crippen MR) is 85.9 cm³/mol. The number of nitrogens with zero attached hydrogens (tertiary/aromatic N) is 2. The highest BCUT2D eigenvalue weighted by Crippen LogP contribution is 2.30. The van der Waals surface area contributed by atoms with E-state index in [9.17, 15) is 4.79 Å². The number of carbonyl (C=O) groups excluding carboxylic acids is 1. The summed E-state index contributed by atoms with van der Waals surface area (Å²) in [5.41, 5.74) is 6.56. The molecule has 3 rings (SSSR count). The molecule has 0 unspecified atom stereocenters. The molecule has 1 aliphatic rings. The molecule has 1 aromatic heterocycles. The minimum atomic E-state index is 0.153. The molecule has 3 nitrogen and oxygen atoms in total. The zero-order valence-electron chi connectivity index (χ0n) is 13.3. The Hall–Kier alpha value is -1.74. The first kappa shape index (κ1) is 14.2. The SMILES string of the molecule is CCN1CCc2nc3cc(C)c(C)cc3c(C(C)=O)c2C1. The maximum absolute atomic E-state index is 12.3. The van der Waals surface area contributed by atoms with Crippen molar-refractivity contribution in [3.63, 3.8) is 0 Å². The summed E-state index contributed by atoms with van der Waals surface area (Å²) in [5, 5.41) is 1.02. The van der Waals surface area contributed by atoms with Crippen LogP contribution in [-0.2, 0) is 13.0 Å². The number of aromatic nitrogens is 1. The van der Waals surface area contributed by atoms with Gasteiger partial charge in [-0.05, 0) is 56.1 Å². The van der Waals surface area contributed by atoms with Crippen LogP contribution in [0, 0.1) is 13.8 Å². The van der Waals surface area contributed by atoms with Crippen molar-refractivity contribution in [1.82, 2.24) is 9.88 Å². The minimum Gasteiger partial charge on any atom is -0.299 e. The fourth-order valence-electron chi connectivity index (χ4n) is 3.23. The van der Waals surface area contributed by atoms with E-state index in [-0.39, 0.29) is 5.78 Å². The summed E-state index contributed by atoms with van der Waals surface area (Å²) in [4.78, 5) is 19.5. The second-order valence-corrected chi connectivity index (χ2v) is 6.04. The molecule has 0 amide bonds. The van der Waals surface area contributed by atoms with Crippen molar-refractivity contribution < 1.29 is 4.79 Å². The predicted octanol–water partition coefficient (Wildman–Crippen LogP) is 3.43. The Bertz CT molecular complexity index is 734. The van der Waals surface area contributed by atoms with Gasteiger partial charge in [0.05, 0.1) is 5.52 Å². The minimum absolute atomic E-state index is 0.153. The molecular formula is C18H22N2O. The molecule has 3 heteroatoms. The average molecular weight is 282 g/mol. The number of pyridine rings is 1. The molecular weight excluding hydrogens is 260 g/mol. The fourth-order valence-corrected chi connectivity index (χ4v) is 3.23. The number of ketones is 1. The molecule has 0 N–H and O–H groups in total. The summed E-state index contributed by atoms with van der Waals surface area (Å²) < 4.78 is 0. The molecule has 0 radical (unpaired) electrons. The molecule has 0 aliphatic carbocycles. The number of carbonyl (C=O) groups is 1. The monoisotopic (exact) mass is 282 g/mol. The third kappa shape index (κ3) is 2.36. The van der Waals surface area contributed by atoms with E-state index in [1.54, 1.807) is 6.92 Å². The summed E-state index contributed by atoms with van der Waals surface area (Å²) in [6.45, 7) is 10.9. The topological polar surface area (TPSA) is 33.2 Å². The lowest BCUT2D eigenvalue weighted by Crippen LogP contribution is -2.32. The van der Waals surface area contributed by atoms with Gasteiger partial charge in [0.15, 0.2) is 5.78 Å². The smallest absolute Gasteiger partial charge is 0.160 e. The fraction of sp³-hybridized carbons (Fsp3) is 0.444. The van der Waals surface area contributed by atoms with E-state index in [4.69, 9.17) is 4.98 Å². The number of benzene rings is 1. The Kier molecular flexibility index (Phi) is 3.54. The lowest BCUT2D eigenvalue weighted by atomic mass is 9.92. The van der Waals surface area contributed by atoms with Gasteiger partial charge < -0.3 is 0 Å². The Morgan fingerprint density at radius 3 is 2.67 bits per heavy atom. The first-order valence-electron chi connectivity index (χ1n) is 7.67. The number of hydrogen-bond donors (Lipinski definition) is 0. The van der Waals surface area contributed by atoms with Crippen molar-refractivity contribution in [3.8, 4) is 0 Å². The van der Waals surface area contributed by atoms with E-state index in [2.05, 4.69) is 37.8 Å². The van der Waals surface area contributed by atoms with Crippen LogP contribution in [0.1, 0.15) is 46.6 Å². The van der Waals surface area contributed by atoms with Crippen molar-refractivity contribution in [3.05, 3.63) is 40.1 Å². The third-order valence-corrected chi connectivity index (χ3v) is 4.63. The van der Waals surface area contributed by atoms with E-state index < -0.39 is 0 Å². The van der Waals surface area contributed by atoms with E-state index in [0.29, 0.717) is 0 Å². The van der Waals surface area contributed by atoms with Crippen molar-refractivity contribution in [1.29, 1.82) is 0 Å². The molecule has 110 valence electrons. The lowest BCUT2D eigenvalue weighted by molar-refractivity contribution is 0.101. The van der Waals surface area contributed by atoms with Crippen molar-refractivity contribution >= 4 is 16.7 Å². The van der Waals surface area contributed by atoms with Crippen LogP contribution in [-0.4, -0.2) is 28.8 Å². The summed E-state index contributed by atoms with van der Waals surface area (Å²) >= 11 is 0. The van der Waals surface area contributed by atoms with E-state index >= 15 is 0 Å². The van der Waals surface area contributed by atoms with Crippen LogP contribution >= 0.6 is 0 Å². The highest BCUT2D eigenvalue weighted by molar-refractivity contribution is 6.08. The van der Waals surface area contributed by atoms with Gasteiger partial charge in [0, 0.05) is 36.2 Å². The molecule has 0 fully saturated rings. The molecule has 1 aliphatic heterocycles. The van der Waals surface area contributed by atoms with Crippen LogP contribution in [0.3, 0.4) is 0 Å². The van der Waals surface area contributed by atoms with Gasteiger partial charge in [-0.3, -0.25) is 14.7 Å². The molecule has 0 saturated heterocycles. The third-order valence-electron chi connectivity index (χ3n) is 4.63. The zero-order valence-corrected chi connectivity index (χ0v) is 13.3. The van der Waals surface area contributed by atoms with Gasteiger partial charge >= 0.3 is 0 Å². The number of hydrogen-bond acceptors (Lipinski definition) is 3. The number of aryl methyl sites for hydroxylation is 2. The Morgan fingerprint density at radius 1 is 1.29 bits per heavy atom. The largest absolute Gasteiger partial charge is 0.299 e. The Balaban J connectivity index is 2.32. The van der Waals surface area contributed by atoms with Crippen LogP contribution < -0.4 is 0 Å². The molecule has 0 bridgehead atoms. The second kappa shape index (κ2) is 5.23. The van der Waals surface area contributed by atoms with Gasteiger partial charge in [-0.25, -0.2) is 0 Å². The molecule has 2 aromatic rings. The Labute approximate surface area is 126 Å². The van der Waals surface area contributed by atoms with Crippen LogP contribution in [0.5, 0.6) is 0 Å². The van der Waals surface area contributed by atoms with Crippen LogP contribution in [0.25, 0.3) is 10.9 Å².